The molecule has 0 spiro atoms. The molecule has 3 N–H and O–H groups in total. The largest absolute Gasteiger partial charge is 0.540 e. The van der Waals surface area contributed by atoms with Gasteiger partial charge in [0.1, 0.15) is 11.5 Å². The number of hydrogen-bond acceptors (Lipinski definition) is 6. The second kappa shape index (κ2) is 12.8. The van der Waals surface area contributed by atoms with E-state index >= 15 is 0 Å². The second-order valence-electron chi connectivity index (χ2n) is 11.0. The maximum atomic E-state index is 13.9. The molecule has 0 fully saturated rings. The summed E-state index contributed by atoms with van der Waals surface area (Å²) in [6.07, 6.45) is 0.848. The average molecular weight is 571 g/mol. The Balaban J connectivity index is 2.09. The number of carbonyl (C=O) groups excluding carboxylic acids is 1. The van der Waals surface area contributed by atoms with Crippen LogP contribution in [0.25, 0.3) is 5.57 Å². The number of anilines is 1. The van der Waals surface area contributed by atoms with Crippen LogP contribution in [0.15, 0.2) is 42.6 Å². The molecule has 1 atom stereocenters. The van der Waals surface area contributed by atoms with E-state index < -0.39 is 26.4 Å². The molecule has 0 radical (unpaired) electrons. The molecule has 40 heavy (non-hydrogen) atoms. The summed E-state index contributed by atoms with van der Waals surface area (Å²) in [5.74, 6) is 1.00. The summed E-state index contributed by atoms with van der Waals surface area (Å²) >= 11 is 0. The molecule has 2 amide bonds. The van der Waals surface area contributed by atoms with E-state index in [2.05, 4.69) is 46.9 Å². The van der Waals surface area contributed by atoms with Gasteiger partial charge in [-0.05, 0) is 52.4 Å². The smallest absolute Gasteiger partial charge is 0.409 e. The molecule has 0 saturated carbocycles. The number of nitrogens with zero attached hydrogens (tertiary/aromatic N) is 1. The standard InChI is InChI=1S/C30H42N2O7Si/c1-18(2)40(19(3)4,20(5)6)39-28-15-26(31-30(35)36)25(14-27(28)38-8)29(34)32-16-22(13-23(32)17-33)21-9-11-24(37-7)12-10-21/h9-12,14-16,18-20,23,31,33H,13,17H2,1-8H3,(H,35,36)/t23-/m0/s1. The van der Waals surface area contributed by atoms with E-state index in [0.29, 0.717) is 23.7 Å². The van der Waals surface area contributed by atoms with Gasteiger partial charge < -0.3 is 29.0 Å². The minimum atomic E-state index is -2.42. The monoisotopic (exact) mass is 570 g/mol. The third-order valence-corrected chi connectivity index (χ3v) is 13.8. The lowest BCUT2D eigenvalue weighted by atomic mass is 10.0. The molecule has 2 aromatic rings. The maximum Gasteiger partial charge on any atom is 0.409 e. The number of hydrogen-bond donors (Lipinski definition) is 3. The van der Waals surface area contributed by atoms with Crippen molar-refractivity contribution < 1.29 is 33.7 Å². The Morgan fingerprint density at radius 3 is 2.05 bits per heavy atom. The van der Waals surface area contributed by atoms with Crippen LogP contribution in [0.3, 0.4) is 0 Å². The fraction of sp³-hybridized carbons (Fsp3) is 0.467. The summed E-state index contributed by atoms with van der Waals surface area (Å²) in [5, 5.41) is 22.1. The zero-order chi connectivity index (χ0) is 29.8. The zero-order valence-corrected chi connectivity index (χ0v) is 25.6. The van der Waals surface area contributed by atoms with Gasteiger partial charge in [-0.25, -0.2) is 4.79 Å². The molecule has 0 aliphatic carbocycles. The summed E-state index contributed by atoms with van der Waals surface area (Å²) in [7, 11) is 0.670. The molecular formula is C30H42N2O7Si. The van der Waals surface area contributed by atoms with Gasteiger partial charge in [0.25, 0.3) is 14.2 Å². The normalized spacial score (nSPS) is 15.4. The number of nitrogens with one attached hydrogen (secondary N) is 1. The Labute approximate surface area is 237 Å². The van der Waals surface area contributed by atoms with Gasteiger partial charge in [-0.2, -0.15) is 0 Å². The van der Waals surface area contributed by atoms with Crippen molar-refractivity contribution in [3.8, 4) is 17.2 Å². The summed E-state index contributed by atoms with van der Waals surface area (Å²) in [6.45, 7) is 12.7. The number of carboxylic acid groups (broad SMARTS) is 1. The Morgan fingerprint density at radius 1 is 0.975 bits per heavy atom. The van der Waals surface area contributed by atoms with E-state index in [4.69, 9.17) is 13.9 Å². The molecule has 1 aliphatic rings. The van der Waals surface area contributed by atoms with Crippen LogP contribution in [0.4, 0.5) is 10.5 Å². The molecule has 2 aromatic carbocycles. The van der Waals surface area contributed by atoms with Crippen molar-refractivity contribution in [2.75, 3.05) is 26.1 Å². The number of benzene rings is 2. The molecule has 10 heteroatoms. The van der Waals surface area contributed by atoms with Crippen molar-refractivity contribution in [3.05, 3.63) is 53.7 Å². The number of aliphatic hydroxyl groups is 1. The lowest BCUT2D eigenvalue weighted by molar-refractivity contribution is 0.0733. The van der Waals surface area contributed by atoms with Gasteiger partial charge >= 0.3 is 6.09 Å². The quantitative estimate of drug-likeness (QED) is 0.261. The third-order valence-electron chi connectivity index (χ3n) is 7.82. The van der Waals surface area contributed by atoms with E-state index in [1.165, 1.54) is 18.1 Å². The van der Waals surface area contributed by atoms with E-state index in [-0.39, 0.29) is 34.5 Å². The molecule has 0 aromatic heterocycles. The van der Waals surface area contributed by atoms with Gasteiger partial charge in [-0.1, -0.05) is 53.7 Å². The first-order valence-corrected chi connectivity index (χ1v) is 15.7. The van der Waals surface area contributed by atoms with Gasteiger partial charge in [0.15, 0.2) is 5.75 Å². The summed E-state index contributed by atoms with van der Waals surface area (Å²) in [4.78, 5) is 27.2. The predicted molar refractivity (Wildman–Crippen MR) is 159 cm³/mol. The highest BCUT2D eigenvalue weighted by Crippen LogP contribution is 2.46. The van der Waals surface area contributed by atoms with E-state index in [1.54, 1.807) is 19.4 Å². The van der Waals surface area contributed by atoms with Crippen LogP contribution in [0.2, 0.25) is 16.6 Å². The van der Waals surface area contributed by atoms with Crippen LogP contribution in [0, 0.1) is 0 Å². The Morgan fingerprint density at radius 2 is 1.57 bits per heavy atom. The van der Waals surface area contributed by atoms with Gasteiger partial charge in [0, 0.05) is 12.3 Å². The molecule has 218 valence electrons. The minimum absolute atomic E-state index is 0.0930. The van der Waals surface area contributed by atoms with Crippen LogP contribution in [0.1, 0.15) is 63.9 Å². The molecular weight excluding hydrogens is 528 g/mol. The van der Waals surface area contributed by atoms with Gasteiger partial charge in [-0.15, -0.1) is 0 Å². The van der Waals surface area contributed by atoms with Crippen molar-refractivity contribution in [1.29, 1.82) is 0 Å². The second-order valence-corrected chi connectivity index (χ2v) is 16.4. The first kappa shape index (κ1) is 31.0. The lowest BCUT2D eigenvalue weighted by Crippen LogP contribution is -2.50. The molecule has 0 unspecified atom stereocenters. The molecule has 1 heterocycles. The van der Waals surface area contributed by atoms with Crippen LogP contribution in [0.5, 0.6) is 17.2 Å². The van der Waals surface area contributed by atoms with Crippen LogP contribution in [-0.2, 0) is 0 Å². The number of carbonyl (C=O) groups is 2. The fourth-order valence-electron chi connectivity index (χ4n) is 5.93. The predicted octanol–water partition coefficient (Wildman–Crippen LogP) is 6.60. The topological polar surface area (TPSA) is 118 Å². The maximum absolute atomic E-state index is 13.9. The van der Waals surface area contributed by atoms with Crippen molar-refractivity contribution >= 4 is 31.6 Å². The Bertz CT molecular complexity index is 1220. The SMILES string of the molecule is COc1ccc(C2=CN(C(=O)c3cc(OC)c(O[Si](C(C)C)(C(C)C)C(C)C)cc3NC(=O)O)[C@H](CO)C2)cc1. The van der Waals surface area contributed by atoms with Crippen molar-refractivity contribution in [1.82, 2.24) is 4.90 Å². The summed E-state index contributed by atoms with van der Waals surface area (Å²) < 4.78 is 17.7. The first-order chi connectivity index (χ1) is 18.9. The third kappa shape index (κ3) is 6.12. The first-order valence-electron chi connectivity index (χ1n) is 13.6. The van der Waals surface area contributed by atoms with Crippen LogP contribution < -0.4 is 19.2 Å². The van der Waals surface area contributed by atoms with Crippen molar-refractivity contribution in [2.24, 2.45) is 0 Å². The Kier molecular flexibility index (Phi) is 9.91. The highest BCUT2D eigenvalue weighted by molar-refractivity contribution is 6.78. The fourth-order valence-corrected chi connectivity index (χ4v) is 11.2. The van der Waals surface area contributed by atoms with Gasteiger partial charge in [0.05, 0.1) is 38.1 Å². The molecule has 9 nitrogen and oxygen atoms in total. The highest BCUT2D eigenvalue weighted by Gasteiger charge is 2.47. The summed E-state index contributed by atoms with van der Waals surface area (Å²) in [6, 6.07) is 10.0. The lowest BCUT2D eigenvalue weighted by Gasteiger charge is -2.42. The summed E-state index contributed by atoms with van der Waals surface area (Å²) in [5.41, 5.74) is 2.77. The van der Waals surface area contributed by atoms with Crippen molar-refractivity contribution in [3.63, 3.8) is 0 Å². The molecule has 1 aliphatic heterocycles. The minimum Gasteiger partial charge on any atom is -0.540 e. The number of aliphatic hydroxyl groups excluding tert-OH is 1. The average Bonchev–Trinajstić information content (AvgIpc) is 3.35. The van der Waals surface area contributed by atoms with E-state index in [1.807, 2.05) is 24.3 Å². The van der Waals surface area contributed by atoms with E-state index in [0.717, 1.165) is 11.1 Å². The number of rotatable bonds is 11. The number of ether oxygens (including phenoxy) is 2. The van der Waals surface area contributed by atoms with Crippen molar-refractivity contribution in [2.45, 2.75) is 70.6 Å². The van der Waals surface area contributed by atoms with Gasteiger partial charge in [-0.3, -0.25) is 10.1 Å². The molecule has 0 saturated heterocycles. The number of methoxy groups -OCH3 is 2. The zero-order valence-electron chi connectivity index (χ0n) is 24.6. The van der Waals surface area contributed by atoms with Crippen LogP contribution >= 0.6 is 0 Å². The molecule has 3 rings (SSSR count). The molecule has 0 bridgehead atoms. The Hall–Kier alpha value is -3.50. The van der Waals surface area contributed by atoms with Crippen LogP contribution in [-0.4, -0.2) is 62.3 Å². The highest BCUT2D eigenvalue weighted by atomic mass is 28.4. The van der Waals surface area contributed by atoms with E-state index in [9.17, 15) is 19.8 Å². The number of amides is 2. The van der Waals surface area contributed by atoms with Gasteiger partial charge in [0.2, 0.25) is 0 Å².